The van der Waals surface area contributed by atoms with Crippen molar-refractivity contribution in [1.82, 2.24) is 4.57 Å². The van der Waals surface area contributed by atoms with E-state index in [-0.39, 0.29) is 40.0 Å². The Labute approximate surface area is 205 Å². The molecule has 2 aromatic carbocycles. The topological polar surface area (TPSA) is 94.5 Å². The maximum absolute atomic E-state index is 14.2. The van der Waals surface area contributed by atoms with Crippen LogP contribution in [0.2, 0.25) is 5.02 Å². The number of benzene rings is 2. The highest BCUT2D eigenvalue weighted by atomic mass is 35.5. The van der Waals surface area contributed by atoms with Crippen LogP contribution in [0.5, 0.6) is 0 Å². The number of carbonyl (C=O) groups excluding carboxylic acids is 2. The second kappa shape index (κ2) is 9.19. The van der Waals surface area contributed by atoms with Crippen molar-refractivity contribution < 1.29 is 19.1 Å². The Kier molecular flexibility index (Phi) is 6.06. The summed E-state index contributed by atoms with van der Waals surface area (Å²) in [6, 6.07) is 13.9. The molecule has 0 radical (unpaired) electrons. The highest BCUT2D eigenvalue weighted by Gasteiger charge is 2.35. The number of carboxylic acids is 1. The first-order chi connectivity index (χ1) is 16.8. The molecule has 35 heavy (non-hydrogen) atoms. The van der Waals surface area contributed by atoms with Crippen molar-refractivity contribution in [3.63, 3.8) is 0 Å². The number of aromatic nitrogens is 1. The predicted molar refractivity (Wildman–Crippen MR) is 128 cm³/mol. The van der Waals surface area contributed by atoms with Crippen LogP contribution >= 0.6 is 11.6 Å². The average molecular weight is 495 g/mol. The van der Waals surface area contributed by atoms with Crippen LogP contribution in [0.15, 0.2) is 59.4 Å². The fourth-order valence-corrected chi connectivity index (χ4v) is 5.42. The first-order valence-electron chi connectivity index (χ1n) is 11.3. The number of pyridine rings is 1. The number of halogens is 2. The van der Waals surface area contributed by atoms with E-state index in [2.05, 4.69) is 10.2 Å². The second-order valence-corrected chi connectivity index (χ2v) is 9.45. The molecule has 2 bridgehead atoms. The number of rotatable bonds is 5. The highest BCUT2D eigenvalue weighted by Crippen LogP contribution is 2.39. The van der Waals surface area contributed by atoms with Crippen molar-refractivity contribution in [2.24, 2.45) is 5.92 Å². The zero-order valence-electron chi connectivity index (χ0n) is 18.7. The first-order valence-corrected chi connectivity index (χ1v) is 11.7. The van der Waals surface area contributed by atoms with Crippen LogP contribution in [-0.2, 0) is 17.8 Å². The fourth-order valence-electron chi connectivity index (χ4n) is 5.19. The van der Waals surface area contributed by atoms with Crippen LogP contribution in [0, 0.1) is 11.7 Å². The molecule has 3 heterocycles. The van der Waals surface area contributed by atoms with Gasteiger partial charge in [-0.05, 0) is 48.2 Å². The summed E-state index contributed by atoms with van der Waals surface area (Å²) < 4.78 is 16.0. The summed E-state index contributed by atoms with van der Waals surface area (Å²) in [6.07, 6.45) is 0.645. The van der Waals surface area contributed by atoms with Crippen molar-refractivity contribution >= 4 is 34.9 Å². The predicted octanol–water partition coefficient (Wildman–Crippen LogP) is 2.81. The number of nitrogens with zero attached hydrogens (tertiary/aromatic N) is 2. The van der Waals surface area contributed by atoms with Gasteiger partial charge in [0.2, 0.25) is 5.91 Å². The summed E-state index contributed by atoms with van der Waals surface area (Å²) in [5.74, 6) is -2.13. The molecule has 3 aromatic rings. The lowest BCUT2D eigenvalue weighted by Gasteiger charge is -2.44. The third-order valence-electron chi connectivity index (χ3n) is 6.73. The summed E-state index contributed by atoms with van der Waals surface area (Å²) in [5, 5.41) is 14.4. The third-order valence-corrected chi connectivity index (χ3v) is 7.08. The van der Waals surface area contributed by atoms with E-state index < -0.39 is 17.7 Å². The molecule has 2 aliphatic heterocycles. The van der Waals surface area contributed by atoms with E-state index in [9.17, 15) is 23.9 Å². The van der Waals surface area contributed by atoms with Crippen LogP contribution in [0.1, 0.15) is 34.0 Å². The maximum atomic E-state index is 14.2. The van der Waals surface area contributed by atoms with Crippen LogP contribution in [0.3, 0.4) is 0 Å². The van der Waals surface area contributed by atoms with Gasteiger partial charge in [-0.3, -0.25) is 9.59 Å². The molecule has 7 nitrogen and oxygen atoms in total. The Balaban J connectivity index is 1.44. The lowest BCUT2D eigenvalue weighted by atomic mass is 9.83. The molecular formula is C26H22ClFN3O4-. The SMILES string of the molecule is O=C(Cc1c(F)cccc1Cl)Nc1cc(C(=O)[O-])ccc1N1CC2CC(C1)c1cccc(=O)n1C2. The molecule has 2 aliphatic rings. The molecule has 0 spiro atoms. The van der Waals surface area contributed by atoms with Crippen LogP contribution in [0.25, 0.3) is 0 Å². The van der Waals surface area contributed by atoms with Gasteiger partial charge >= 0.3 is 0 Å². The number of carbonyl (C=O) groups is 2. The van der Waals surface area contributed by atoms with Crippen molar-refractivity contribution in [3.8, 4) is 0 Å². The number of hydrogen-bond donors (Lipinski definition) is 1. The third kappa shape index (κ3) is 4.53. The first kappa shape index (κ1) is 23.1. The fraction of sp³-hybridized carbons (Fsp3) is 0.269. The minimum Gasteiger partial charge on any atom is -0.545 e. The van der Waals surface area contributed by atoms with Crippen molar-refractivity contribution in [2.75, 3.05) is 23.3 Å². The number of piperidine rings is 1. The Bertz CT molecular complexity index is 1370. The van der Waals surface area contributed by atoms with E-state index in [4.69, 9.17) is 11.6 Å². The summed E-state index contributed by atoms with van der Waals surface area (Å²) in [6.45, 7) is 1.85. The Morgan fingerprint density at radius 3 is 2.66 bits per heavy atom. The van der Waals surface area contributed by atoms with E-state index in [1.54, 1.807) is 18.2 Å². The van der Waals surface area contributed by atoms with Gasteiger partial charge in [-0.1, -0.05) is 29.8 Å². The normalized spacial score (nSPS) is 18.6. The molecule has 180 valence electrons. The molecule has 2 unspecified atom stereocenters. The van der Waals surface area contributed by atoms with Gasteiger partial charge in [-0.25, -0.2) is 4.39 Å². The van der Waals surface area contributed by atoms with Gasteiger partial charge in [0.1, 0.15) is 5.82 Å². The van der Waals surface area contributed by atoms with E-state index in [1.807, 2.05) is 10.6 Å². The number of amides is 1. The molecule has 0 aliphatic carbocycles. The van der Waals surface area contributed by atoms with Crippen LogP contribution < -0.4 is 20.9 Å². The van der Waals surface area contributed by atoms with E-state index in [0.717, 1.165) is 12.1 Å². The quantitative estimate of drug-likeness (QED) is 0.588. The summed E-state index contributed by atoms with van der Waals surface area (Å²) in [5.41, 5.74) is 1.91. The summed E-state index contributed by atoms with van der Waals surface area (Å²) in [4.78, 5) is 38.8. The second-order valence-electron chi connectivity index (χ2n) is 9.05. The smallest absolute Gasteiger partial charge is 0.250 e. The molecular weight excluding hydrogens is 473 g/mol. The Morgan fingerprint density at radius 1 is 1.09 bits per heavy atom. The van der Waals surface area contributed by atoms with Gasteiger partial charge in [0, 0.05) is 47.9 Å². The highest BCUT2D eigenvalue weighted by molar-refractivity contribution is 6.31. The molecule has 5 rings (SSSR count). The summed E-state index contributed by atoms with van der Waals surface area (Å²) in [7, 11) is 0. The summed E-state index contributed by atoms with van der Waals surface area (Å²) >= 11 is 6.06. The van der Waals surface area contributed by atoms with Crippen LogP contribution in [0.4, 0.5) is 15.8 Å². The van der Waals surface area contributed by atoms with Crippen molar-refractivity contribution in [3.05, 3.63) is 92.6 Å². The molecule has 9 heteroatoms. The number of fused-ring (bicyclic) bond motifs is 4. The van der Waals surface area contributed by atoms with E-state index in [0.29, 0.717) is 31.0 Å². The van der Waals surface area contributed by atoms with Gasteiger partial charge in [-0.15, -0.1) is 0 Å². The largest absolute Gasteiger partial charge is 0.545 e. The minimum atomic E-state index is -1.37. The van der Waals surface area contributed by atoms with Crippen LogP contribution in [-0.4, -0.2) is 29.5 Å². The number of nitrogens with one attached hydrogen (secondary N) is 1. The molecule has 1 fully saturated rings. The number of aromatic carboxylic acids is 1. The lowest BCUT2D eigenvalue weighted by molar-refractivity contribution is -0.255. The maximum Gasteiger partial charge on any atom is 0.250 e. The number of carboxylic acid groups (broad SMARTS) is 1. The molecule has 0 saturated carbocycles. The molecule has 2 atom stereocenters. The monoisotopic (exact) mass is 494 g/mol. The number of hydrogen-bond acceptors (Lipinski definition) is 5. The Morgan fingerprint density at radius 2 is 1.89 bits per heavy atom. The zero-order valence-corrected chi connectivity index (χ0v) is 19.4. The van der Waals surface area contributed by atoms with Gasteiger partial charge in [-0.2, -0.15) is 0 Å². The molecule has 1 aromatic heterocycles. The van der Waals surface area contributed by atoms with E-state index in [1.165, 1.54) is 30.3 Å². The van der Waals surface area contributed by atoms with Gasteiger partial charge < -0.3 is 24.7 Å². The van der Waals surface area contributed by atoms with Gasteiger partial charge in [0.15, 0.2) is 0 Å². The number of anilines is 2. The molecule has 1 N–H and O–H groups in total. The average Bonchev–Trinajstić information content (AvgIpc) is 2.82. The lowest BCUT2D eigenvalue weighted by Crippen LogP contribution is -2.47. The van der Waals surface area contributed by atoms with Gasteiger partial charge in [0.25, 0.3) is 5.56 Å². The van der Waals surface area contributed by atoms with Crippen molar-refractivity contribution in [1.29, 1.82) is 0 Å². The minimum absolute atomic E-state index is 0.0104. The molecule has 1 amide bonds. The molecule has 1 saturated heterocycles. The Hall–Kier alpha value is -3.65. The zero-order chi connectivity index (χ0) is 24.7. The van der Waals surface area contributed by atoms with E-state index >= 15 is 0 Å². The van der Waals surface area contributed by atoms with Gasteiger partial charge in [0.05, 0.1) is 23.8 Å². The standard InChI is InChI=1S/C26H23ClFN3O4/c27-19-3-1-4-20(28)18(19)11-24(32)29-21-10-16(26(34)35)7-8-23(21)30-12-15-9-17(14-30)22-5-2-6-25(33)31(22)13-15/h1-8,10,15,17H,9,11-14H2,(H,29,32)(H,34,35)/p-1. The van der Waals surface area contributed by atoms with Crippen molar-refractivity contribution in [2.45, 2.75) is 25.3 Å².